The van der Waals surface area contributed by atoms with E-state index in [-0.39, 0.29) is 10.9 Å². The molecule has 3 fully saturated rings. The number of fused-ring (bicyclic) bond motifs is 5. The van der Waals surface area contributed by atoms with Gasteiger partial charge in [-0.1, -0.05) is 6.07 Å². The van der Waals surface area contributed by atoms with Crippen LogP contribution in [-0.4, -0.2) is 5.38 Å². The Kier molecular flexibility index (Phi) is 2.67. The van der Waals surface area contributed by atoms with Crippen LogP contribution in [0.15, 0.2) is 18.2 Å². The molecule has 2 bridgehead atoms. The molecule has 1 aromatic rings. The van der Waals surface area contributed by atoms with Gasteiger partial charge in [0, 0.05) is 10.9 Å². The van der Waals surface area contributed by atoms with Gasteiger partial charge >= 0.3 is 0 Å². The van der Waals surface area contributed by atoms with Crippen LogP contribution in [-0.2, 0) is 6.42 Å². The van der Waals surface area contributed by atoms with E-state index in [1.165, 1.54) is 37.5 Å². The average molecular weight is 283 g/mol. The highest BCUT2D eigenvalue weighted by molar-refractivity contribution is 6.21. The molecule has 0 amide bonds. The summed E-state index contributed by atoms with van der Waals surface area (Å²) in [7, 11) is 0. The second-order valence-corrected chi connectivity index (χ2v) is 7.05. The third kappa shape index (κ3) is 1.75. The Balaban J connectivity index is 1.50. The van der Waals surface area contributed by atoms with Crippen molar-refractivity contribution < 1.29 is 8.78 Å². The summed E-state index contributed by atoms with van der Waals surface area (Å²) in [6.45, 7) is 0. The van der Waals surface area contributed by atoms with Crippen molar-refractivity contribution in [3.63, 3.8) is 0 Å². The Morgan fingerprint density at radius 2 is 1.68 bits per heavy atom. The smallest absolute Gasteiger partial charge is 0.129 e. The summed E-state index contributed by atoms with van der Waals surface area (Å²) >= 11 is 6.48. The van der Waals surface area contributed by atoms with E-state index in [0.717, 1.165) is 23.7 Å². The Bertz CT molecular complexity index is 479. The van der Waals surface area contributed by atoms with Crippen molar-refractivity contribution >= 4 is 11.6 Å². The minimum atomic E-state index is -0.459. The number of halogens is 3. The third-order valence-corrected chi connectivity index (χ3v) is 6.12. The summed E-state index contributed by atoms with van der Waals surface area (Å²) in [6.07, 6.45) is 4.40. The summed E-state index contributed by atoms with van der Waals surface area (Å²) in [5.74, 6) is 2.82. The van der Waals surface area contributed by atoms with Crippen molar-refractivity contribution in [2.24, 2.45) is 29.6 Å². The minimum Gasteiger partial charge on any atom is -0.207 e. The standard InChI is InChI=1S/C16H17ClF2/c17-11(7-10-12(18)2-1-3-13(10)19)16-14-8-4-5-9(6-8)15(14)16/h1-3,8-9,11,14-16H,4-7H2. The summed E-state index contributed by atoms with van der Waals surface area (Å²) < 4.78 is 27.3. The number of hydrogen-bond donors (Lipinski definition) is 0. The molecular formula is C16H17ClF2. The monoisotopic (exact) mass is 282 g/mol. The molecule has 1 aromatic carbocycles. The molecule has 3 aliphatic rings. The molecule has 5 atom stereocenters. The maximum Gasteiger partial charge on any atom is 0.129 e. The average Bonchev–Trinajstić information content (AvgIpc) is 2.83. The predicted octanol–water partition coefficient (Wildman–Crippen LogP) is 4.41. The van der Waals surface area contributed by atoms with Gasteiger partial charge in [0.1, 0.15) is 11.6 Å². The van der Waals surface area contributed by atoms with E-state index in [0.29, 0.717) is 12.3 Å². The zero-order valence-corrected chi connectivity index (χ0v) is 11.4. The molecule has 19 heavy (non-hydrogen) atoms. The summed E-state index contributed by atoms with van der Waals surface area (Å²) in [5.41, 5.74) is 0.167. The van der Waals surface area contributed by atoms with Gasteiger partial charge in [-0.05, 0) is 67.4 Å². The SMILES string of the molecule is Fc1cccc(F)c1CC(Cl)C1C2C3CCC(C3)C12. The van der Waals surface area contributed by atoms with Crippen LogP contribution >= 0.6 is 11.6 Å². The van der Waals surface area contributed by atoms with Crippen molar-refractivity contribution in [3.05, 3.63) is 35.4 Å². The largest absolute Gasteiger partial charge is 0.207 e. The van der Waals surface area contributed by atoms with Crippen molar-refractivity contribution in [3.8, 4) is 0 Å². The summed E-state index contributed by atoms with van der Waals surface area (Å²) in [4.78, 5) is 0. The van der Waals surface area contributed by atoms with Crippen LogP contribution in [0.2, 0.25) is 0 Å². The molecule has 3 heteroatoms. The first kappa shape index (κ1) is 12.1. The molecule has 102 valence electrons. The molecule has 5 unspecified atom stereocenters. The number of hydrogen-bond acceptors (Lipinski definition) is 0. The number of rotatable bonds is 3. The van der Waals surface area contributed by atoms with E-state index in [2.05, 4.69) is 0 Å². The van der Waals surface area contributed by atoms with E-state index in [9.17, 15) is 8.78 Å². The molecule has 0 N–H and O–H groups in total. The van der Waals surface area contributed by atoms with Crippen molar-refractivity contribution in [2.75, 3.05) is 0 Å². The molecule has 4 rings (SSSR count). The molecule has 0 saturated heterocycles. The molecule has 0 nitrogen and oxygen atoms in total. The molecule has 3 saturated carbocycles. The highest BCUT2D eigenvalue weighted by atomic mass is 35.5. The van der Waals surface area contributed by atoms with Crippen LogP contribution in [0.5, 0.6) is 0 Å². The topological polar surface area (TPSA) is 0 Å². The second-order valence-electron chi connectivity index (χ2n) is 6.49. The molecule has 0 aromatic heterocycles. The second kappa shape index (κ2) is 4.18. The van der Waals surface area contributed by atoms with E-state index in [1.54, 1.807) is 0 Å². The Morgan fingerprint density at radius 3 is 2.26 bits per heavy atom. The lowest BCUT2D eigenvalue weighted by atomic mass is 9.96. The molecule has 0 heterocycles. The molecule has 3 aliphatic carbocycles. The van der Waals surface area contributed by atoms with Crippen molar-refractivity contribution in [1.82, 2.24) is 0 Å². The van der Waals surface area contributed by atoms with Crippen LogP contribution in [0.1, 0.15) is 24.8 Å². The van der Waals surface area contributed by atoms with E-state index >= 15 is 0 Å². The highest BCUT2D eigenvalue weighted by Crippen LogP contribution is 2.71. The zero-order valence-electron chi connectivity index (χ0n) is 10.7. The predicted molar refractivity (Wildman–Crippen MR) is 71.0 cm³/mol. The van der Waals surface area contributed by atoms with Gasteiger partial charge in [0.25, 0.3) is 0 Å². The van der Waals surface area contributed by atoms with E-state index in [4.69, 9.17) is 11.6 Å². The van der Waals surface area contributed by atoms with Gasteiger partial charge in [0.15, 0.2) is 0 Å². The van der Waals surface area contributed by atoms with Gasteiger partial charge in [-0.25, -0.2) is 8.78 Å². The van der Waals surface area contributed by atoms with Crippen LogP contribution < -0.4 is 0 Å². The lowest BCUT2D eigenvalue weighted by Gasteiger charge is -2.15. The van der Waals surface area contributed by atoms with Crippen LogP contribution in [0.25, 0.3) is 0 Å². The highest BCUT2D eigenvalue weighted by Gasteiger charge is 2.66. The quantitative estimate of drug-likeness (QED) is 0.721. The zero-order chi connectivity index (χ0) is 13.1. The summed E-state index contributed by atoms with van der Waals surface area (Å²) in [5, 5.41) is -0.107. The Labute approximate surface area is 117 Å². The number of benzene rings is 1. The molecule has 0 aliphatic heterocycles. The first-order chi connectivity index (χ1) is 9.16. The van der Waals surface area contributed by atoms with Crippen LogP contribution in [0, 0.1) is 41.2 Å². The Hall–Kier alpha value is -0.630. The lowest BCUT2D eigenvalue weighted by molar-refractivity contribution is 0.443. The van der Waals surface area contributed by atoms with Gasteiger partial charge in [0.2, 0.25) is 0 Å². The normalized spacial score (nSPS) is 40.3. The summed E-state index contributed by atoms with van der Waals surface area (Å²) in [6, 6.07) is 4.04. The first-order valence-electron chi connectivity index (χ1n) is 7.23. The van der Waals surface area contributed by atoms with Gasteiger partial charge in [-0.3, -0.25) is 0 Å². The molecule has 0 spiro atoms. The molecular weight excluding hydrogens is 266 g/mol. The maximum atomic E-state index is 13.7. The van der Waals surface area contributed by atoms with Gasteiger partial charge in [-0.15, -0.1) is 11.6 Å². The first-order valence-corrected chi connectivity index (χ1v) is 7.67. The van der Waals surface area contributed by atoms with Crippen molar-refractivity contribution in [1.29, 1.82) is 0 Å². The fourth-order valence-corrected chi connectivity index (χ4v) is 5.42. The van der Waals surface area contributed by atoms with Crippen molar-refractivity contribution in [2.45, 2.75) is 31.1 Å². The van der Waals surface area contributed by atoms with E-state index < -0.39 is 11.6 Å². The van der Waals surface area contributed by atoms with Gasteiger partial charge < -0.3 is 0 Å². The third-order valence-electron chi connectivity index (χ3n) is 5.67. The fraction of sp³-hybridized carbons (Fsp3) is 0.625. The maximum absolute atomic E-state index is 13.7. The van der Waals surface area contributed by atoms with Gasteiger partial charge in [0.05, 0.1) is 0 Å². The lowest BCUT2D eigenvalue weighted by Crippen LogP contribution is -2.14. The van der Waals surface area contributed by atoms with Crippen LogP contribution in [0.3, 0.4) is 0 Å². The minimum absolute atomic E-state index is 0.107. The fourth-order valence-electron chi connectivity index (χ4n) is 4.93. The molecule has 0 radical (unpaired) electrons. The van der Waals surface area contributed by atoms with E-state index in [1.807, 2.05) is 0 Å². The Morgan fingerprint density at radius 1 is 1.11 bits per heavy atom. The van der Waals surface area contributed by atoms with Crippen LogP contribution in [0.4, 0.5) is 8.78 Å². The number of alkyl halides is 1. The van der Waals surface area contributed by atoms with Gasteiger partial charge in [-0.2, -0.15) is 0 Å².